The van der Waals surface area contributed by atoms with Crippen LogP contribution in [0.5, 0.6) is 0 Å². The first-order chi connectivity index (χ1) is 10.3. The van der Waals surface area contributed by atoms with Crippen LogP contribution in [0.25, 0.3) is 0 Å². The molecular weight excluding hydrogens is 373 g/mol. The Morgan fingerprint density at radius 2 is 1.00 bits per heavy atom. The Morgan fingerprint density at radius 3 is 1.29 bits per heavy atom. The highest BCUT2D eigenvalue weighted by molar-refractivity contribution is 5.85. The Hall–Kier alpha value is -1.56. The quantitative estimate of drug-likeness (QED) is 0.583. The number of rotatable bonds is 4. The largest absolute Gasteiger partial charge is 0.478 e. The second kappa shape index (κ2) is 4.97. The van der Waals surface area contributed by atoms with Crippen LogP contribution in [0, 0.1) is 0 Å². The average molecular weight is 380 g/mol. The number of carboxylic acids is 1. The lowest BCUT2D eigenvalue weighted by atomic mass is 9.70. The number of hydrogen-bond acceptors (Lipinski definition) is 1. The molecule has 1 fully saturated rings. The molecule has 0 heterocycles. The first-order valence-electron chi connectivity index (χ1n) is 5.82. The van der Waals surface area contributed by atoms with E-state index < -0.39 is 59.7 Å². The Labute approximate surface area is 125 Å². The van der Waals surface area contributed by atoms with Gasteiger partial charge in [-0.2, -0.15) is 43.9 Å². The van der Waals surface area contributed by atoms with Crippen LogP contribution >= 0.6 is 0 Å². The number of carboxylic acid groups (broad SMARTS) is 1. The predicted octanol–water partition coefficient (Wildman–Crippen LogP) is 4.31. The SMILES string of the molecule is C=C(CCC1(F)C(F)(F)C(F)(F)C(F)(F)C(F)(F)C1(F)F)C(=O)O. The van der Waals surface area contributed by atoms with Crippen LogP contribution in [-0.2, 0) is 4.79 Å². The molecule has 0 amide bonds. The lowest BCUT2D eigenvalue weighted by Gasteiger charge is -2.52. The lowest BCUT2D eigenvalue weighted by Crippen LogP contribution is -2.83. The molecule has 13 heteroatoms. The molecule has 1 N–H and O–H groups in total. The summed E-state index contributed by atoms with van der Waals surface area (Å²) in [5.41, 5.74) is -7.42. The number of aliphatic carboxylic acids is 1. The number of alkyl halides is 11. The number of hydrogen-bond donors (Lipinski definition) is 1. The van der Waals surface area contributed by atoms with E-state index in [1.54, 1.807) is 0 Å². The van der Waals surface area contributed by atoms with Gasteiger partial charge in [0.2, 0.25) is 5.67 Å². The summed E-state index contributed by atoms with van der Waals surface area (Å²) in [4.78, 5) is 10.3. The summed E-state index contributed by atoms with van der Waals surface area (Å²) in [6.45, 7) is 2.59. The van der Waals surface area contributed by atoms with Crippen molar-refractivity contribution < 1.29 is 58.2 Å². The molecule has 1 aliphatic carbocycles. The second-order valence-electron chi connectivity index (χ2n) is 5.08. The van der Waals surface area contributed by atoms with E-state index in [4.69, 9.17) is 5.11 Å². The van der Waals surface area contributed by atoms with Crippen molar-refractivity contribution in [3.8, 4) is 0 Å². The van der Waals surface area contributed by atoms with Crippen molar-refractivity contribution in [1.29, 1.82) is 0 Å². The van der Waals surface area contributed by atoms with Crippen molar-refractivity contribution in [1.82, 2.24) is 0 Å². The van der Waals surface area contributed by atoms with E-state index in [0.717, 1.165) is 0 Å². The zero-order valence-corrected chi connectivity index (χ0v) is 11.1. The van der Waals surface area contributed by atoms with Crippen LogP contribution in [0.4, 0.5) is 48.3 Å². The minimum absolute atomic E-state index is 1.26. The van der Waals surface area contributed by atoms with Gasteiger partial charge in [-0.15, -0.1) is 0 Å². The summed E-state index contributed by atoms with van der Waals surface area (Å²) >= 11 is 0. The van der Waals surface area contributed by atoms with Gasteiger partial charge in [0.25, 0.3) is 0 Å². The van der Waals surface area contributed by atoms with Crippen molar-refractivity contribution in [2.24, 2.45) is 0 Å². The normalized spacial score (nSPS) is 28.1. The Bertz CT molecular complexity index is 536. The third-order valence-electron chi connectivity index (χ3n) is 3.65. The smallest absolute Gasteiger partial charge is 0.384 e. The Balaban J connectivity index is 3.57. The summed E-state index contributed by atoms with van der Waals surface area (Å²) in [6, 6.07) is 0. The Morgan fingerprint density at radius 1 is 0.708 bits per heavy atom. The molecule has 0 aromatic heterocycles. The fraction of sp³-hybridized carbons (Fsp3) is 0.727. The summed E-state index contributed by atoms with van der Waals surface area (Å²) in [6.07, 6.45) is -4.31. The number of carbonyl (C=O) groups is 1. The number of halogens is 11. The molecule has 1 rings (SSSR count). The highest BCUT2D eigenvalue weighted by atomic mass is 19.4. The fourth-order valence-corrected chi connectivity index (χ4v) is 2.03. The third kappa shape index (κ3) is 1.98. The van der Waals surface area contributed by atoms with Crippen LogP contribution < -0.4 is 0 Å². The molecule has 0 aromatic rings. The van der Waals surface area contributed by atoms with Crippen molar-refractivity contribution in [2.75, 3.05) is 0 Å². The molecule has 1 saturated carbocycles. The van der Waals surface area contributed by atoms with Gasteiger partial charge in [0.1, 0.15) is 0 Å². The van der Waals surface area contributed by atoms with E-state index >= 15 is 0 Å². The summed E-state index contributed by atoms with van der Waals surface area (Å²) in [7, 11) is 0. The van der Waals surface area contributed by atoms with Crippen LogP contribution in [-0.4, -0.2) is 46.4 Å². The summed E-state index contributed by atoms with van der Waals surface area (Å²) < 4.78 is 146. The topological polar surface area (TPSA) is 37.3 Å². The molecule has 0 bridgehead atoms. The molecule has 0 spiro atoms. The molecule has 0 saturated heterocycles. The minimum atomic E-state index is -7.27. The van der Waals surface area contributed by atoms with Gasteiger partial charge < -0.3 is 5.11 Å². The highest BCUT2D eigenvalue weighted by Gasteiger charge is 3.00. The summed E-state index contributed by atoms with van der Waals surface area (Å²) in [5, 5.41) is 8.33. The molecule has 2 nitrogen and oxygen atoms in total. The standard InChI is InChI=1S/C11H7F11O2/c1-4(5(23)24)2-3-6(12)7(13,14)9(17,18)11(21,22)10(19,20)8(6,15)16/h1-3H2,(H,23,24). The molecule has 24 heavy (non-hydrogen) atoms. The van der Waals surface area contributed by atoms with E-state index in [2.05, 4.69) is 6.58 Å². The first-order valence-corrected chi connectivity index (χ1v) is 5.82. The minimum Gasteiger partial charge on any atom is -0.478 e. The molecule has 140 valence electrons. The summed E-state index contributed by atoms with van der Waals surface area (Å²) in [5.74, 6) is -37.5. The van der Waals surface area contributed by atoms with Crippen molar-refractivity contribution in [2.45, 2.75) is 48.1 Å². The van der Waals surface area contributed by atoms with Crippen LogP contribution in [0.3, 0.4) is 0 Å². The molecule has 0 aliphatic heterocycles. The second-order valence-corrected chi connectivity index (χ2v) is 5.08. The van der Waals surface area contributed by atoms with Gasteiger partial charge in [-0.3, -0.25) is 0 Å². The first kappa shape index (κ1) is 20.5. The van der Waals surface area contributed by atoms with Gasteiger partial charge in [-0.25, -0.2) is 9.18 Å². The average Bonchev–Trinajstić information content (AvgIpc) is 2.41. The lowest BCUT2D eigenvalue weighted by molar-refractivity contribution is -0.485. The molecular formula is C11H7F11O2. The zero-order valence-electron chi connectivity index (χ0n) is 11.1. The van der Waals surface area contributed by atoms with Crippen LogP contribution in [0.1, 0.15) is 12.8 Å². The van der Waals surface area contributed by atoms with E-state index in [-0.39, 0.29) is 0 Å². The monoisotopic (exact) mass is 380 g/mol. The molecule has 0 radical (unpaired) electrons. The van der Waals surface area contributed by atoms with Crippen molar-refractivity contribution in [3.05, 3.63) is 12.2 Å². The molecule has 0 aromatic carbocycles. The third-order valence-corrected chi connectivity index (χ3v) is 3.65. The van der Waals surface area contributed by atoms with Crippen LogP contribution in [0.15, 0.2) is 12.2 Å². The van der Waals surface area contributed by atoms with E-state index in [1.165, 1.54) is 0 Å². The van der Waals surface area contributed by atoms with Gasteiger partial charge in [0.05, 0.1) is 0 Å². The van der Waals surface area contributed by atoms with Gasteiger partial charge >= 0.3 is 35.6 Å². The maximum atomic E-state index is 14.1. The molecule has 1 aliphatic rings. The predicted molar refractivity (Wildman–Crippen MR) is 54.6 cm³/mol. The van der Waals surface area contributed by atoms with Crippen molar-refractivity contribution >= 4 is 5.97 Å². The van der Waals surface area contributed by atoms with E-state index in [9.17, 15) is 53.1 Å². The van der Waals surface area contributed by atoms with E-state index in [1.807, 2.05) is 0 Å². The zero-order chi connectivity index (χ0) is 19.6. The fourth-order valence-electron chi connectivity index (χ4n) is 2.03. The highest BCUT2D eigenvalue weighted by Crippen LogP contribution is 2.70. The van der Waals surface area contributed by atoms with Gasteiger partial charge in [-0.05, 0) is 12.8 Å². The van der Waals surface area contributed by atoms with Gasteiger partial charge in [0, 0.05) is 5.57 Å². The maximum absolute atomic E-state index is 14.1. The molecule has 0 unspecified atom stereocenters. The van der Waals surface area contributed by atoms with Gasteiger partial charge in [-0.1, -0.05) is 6.58 Å². The van der Waals surface area contributed by atoms with Crippen LogP contribution in [0.2, 0.25) is 0 Å². The maximum Gasteiger partial charge on any atom is 0.384 e. The van der Waals surface area contributed by atoms with Crippen molar-refractivity contribution in [3.63, 3.8) is 0 Å². The van der Waals surface area contributed by atoms with Gasteiger partial charge in [0.15, 0.2) is 0 Å². The van der Waals surface area contributed by atoms with E-state index in [0.29, 0.717) is 0 Å². The Kier molecular flexibility index (Phi) is 4.24. The molecule has 0 atom stereocenters.